The Kier molecular flexibility index (Phi) is 4.69. The summed E-state index contributed by atoms with van der Waals surface area (Å²) in [7, 11) is 0. The molecule has 23 heavy (non-hydrogen) atoms. The van der Waals surface area contributed by atoms with E-state index in [2.05, 4.69) is 14.9 Å². The van der Waals surface area contributed by atoms with Crippen molar-refractivity contribution in [2.24, 2.45) is 5.92 Å². The first-order valence-corrected chi connectivity index (χ1v) is 8.25. The van der Waals surface area contributed by atoms with Crippen LogP contribution in [0.1, 0.15) is 20.3 Å². The maximum atomic E-state index is 12.1. The number of aromatic amines is 1. The highest BCUT2D eigenvalue weighted by Gasteiger charge is 2.21. The predicted octanol–water partition coefficient (Wildman–Crippen LogP) is 2.87. The molecule has 1 aliphatic rings. The molecular weight excluding hydrogens is 292 g/mol. The van der Waals surface area contributed by atoms with Crippen LogP contribution in [0.3, 0.4) is 0 Å². The number of carbonyl (C=O) groups excluding carboxylic acids is 1. The molecule has 0 bridgehead atoms. The number of ether oxygens (including phenoxy) is 1. The largest absolute Gasteiger partial charge is 0.449 e. The molecule has 2 aromatic rings. The van der Waals surface area contributed by atoms with Gasteiger partial charge in [0, 0.05) is 26.2 Å². The molecule has 0 radical (unpaired) electrons. The minimum atomic E-state index is -0.204. The molecule has 6 nitrogen and oxygen atoms in total. The van der Waals surface area contributed by atoms with Crippen LogP contribution in [0, 0.1) is 5.92 Å². The number of hydrogen-bond donors (Lipinski definition) is 1. The van der Waals surface area contributed by atoms with Crippen LogP contribution in [0.4, 0.5) is 10.7 Å². The predicted molar refractivity (Wildman–Crippen MR) is 90.7 cm³/mol. The van der Waals surface area contributed by atoms with Crippen molar-refractivity contribution < 1.29 is 9.53 Å². The van der Waals surface area contributed by atoms with Gasteiger partial charge in [-0.1, -0.05) is 26.0 Å². The van der Waals surface area contributed by atoms with Gasteiger partial charge in [-0.05, 0) is 24.5 Å². The molecule has 1 saturated heterocycles. The lowest BCUT2D eigenvalue weighted by Crippen LogP contribution is -2.36. The minimum Gasteiger partial charge on any atom is -0.449 e. The molecule has 124 valence electrons. The number of carbonyl (C=O) groups is 1. The second kappa shape index (κ2) is 6.89. The van der Waals surface area contributed by atoms with Crippen LogP contribution in [0.15, 0.2) is 24.3 Å². The molecule has 1 amide bonds. The van der Waals surface area contributed by atoms with Crippen molar-refractivity contribution in [1.82, 2.24) is 14.9 Å². The molecule has 1 aliphatic heterocycles. The zero-order chi connectivity index (χ0) is 16.2. The lowest BCUT2D eigenvalue weighted by Gasteiger charge is -2.21. The molecule has 0 saturated carbocycles. The summed E-state index contributed by atoms with van der Waals surface area (Å²) in [4.78, 5) is 24.1. The average Bonchev–Trinajstić information content (AvgIpc) is 2.81. The third-order valence-electron chi connectivity index (χ3n) is 3.97. The van der Waals surface area contributed by atoms with Gasteiger partial charge in [-0.25, -0.2) is 9.78 Å². The van der Waals surface area contributed by atoms with Crippen LogP contribution in [-0.2, 0) is 4.74 Å². The Balaban J connectivity index is 1.63. The van der Waals surface area contributed by atoms with Crippen molar-refractivity contribution in [3.05, 3.63) is 24.3 Å². The maximum Gasteiger partial charge on any atom is 0.409 e. The number of amides is 1. The highest BCUT2D eigenvalue weighted by molar-refractivity contribution is 5.77. The van der Waals surface area contributed by atoms with Crippen molar-refractivity contribution in [3.8, 4) is 0 Å². The van der Waals surface area contributed by atoms with Crippen molar-refractivity contribution in [3.63, 3.8) is 0 Å². The number of rotatable bonds is 3. The van der Waals surface area contributed by atoms with E-state index >= 15 is 0 Å². The van der Waals surface area contributed by atoms with Gasteiger partial charge in [-0.3, -0.25) is 0 Å². The summed E-state index contributed by atoms with van der Waals surface area (Å²) in [5, 5.41) is 0. The first-order valence-electron chi connectivity index (χ1n) is 8.25. The van der Waals surface area contributed by atoms with E-state index in [-0.39, 0.29) is 6.09 Å². The fourth-order valence-electron chi connectivity index (χ4n) is 2.73. The number of aromatic nitrogens is 2. The SMILES string of the molecule is CC(C)COC(=O)N1CCCN(c2nc3ccccc3[nH]2)CC1. The Morgan fingerprint density at radius 2 is 2.09 bits per heavy atom. The Bertz CT molecular complexity index is 634. The van der Waals surface area contributed by atoms with E-state index < -0.39 is 0 Å². The van der Waals surface area contributed by atoms with Gasteiger partial charge in [0.25, 0.3) is 0 Å². The van der Waals surface area contributed by atoms with E-state index in [4.69, 9.17) is 4.74 Å². The molecule has 3 rings (SSSR count). The monoisotopic (exact) mass is 316 g/mol. The fourth-order valence-corrected chi connectivity index (χ4v) is 2.73. The average molecular weight is 316 g/mol. The van der Waals surface area contributed by atoms with Crippen LogP contribution in [0.25, 0.3) is 11.0 Å². The first kappa shape index (κ1) is 15.6. The molecule has 1 N–H and O–H groups in total. The molecule has 1 aromatic heterocycles. The summed E-state index contributed by atoms with van der Waals surface area (Å²) in [6.07, 6.45) is 0.707. The van der Waals surface area contributed by atoms with E-state index in [0.717, 1.165) is 43.0 Å². The molecule has 0 unspecified atom stereocenters. The Labute approximate surface area is 136 Å². The summed E-state index contributed by atoms with van der Waals surface area (Å²) in [5.74, 6) is 1.24. The lowest BCUT2D eigenvalue weighted by molar-refractivity contribution is 0.0943. The summed E-state index contributed by atoms with van der Waals surface area (Å²) in [5.41, 5.74) is 2.01. The van der Waals surface area contributed by atoms with Crippen LogP contribution in [0.5, 0.6) is 0 Å². The first-order chi connectivity index (χ1) is 11.1. The van der Waals surface area contributed by atoms with Gasteiger partial charge < -0.3 is 19.5 Å². The van der Waals surface area contributed by atoms with E-state index in [0.29, 0.717) is 19.1 Å². The van der Waals surface area contributed by atoms with Crippen molar-refractivity contribution >= 4 is 23.1 Å². The standard InChI is InChI=1S/C17H24N4O2/c1-13(2)12-23-17(22)21-9-5-8-20(10-11-21)16-18-14-6-3-4-7-15(14)19-16/h3-4,6-7,13H,5,8-12H2,1-2H3,(H,18,19). The van der Waals surface area contributed by atoms with Crippen LogP contribution < -0.4 is 4.90 Å². The van der Waals surface area contributed by atoms with Crippen LogP contribution in [0.2, 0.25) is 0 Å². The number of nitrogens with one attached hydrogen (secondary N) is 1. The molecule has 1 fully saturated rings. The molecule has 6 heteroatoms. The third-order valence-corrected chi connectivity index (χ3v) is 3.97. The van der Waals surface area contributed by atoms with Crippen molar-refractivity contribution in [1.29, 1.82) is 0 Å². The Morgan fingerprint density at radius 1 is 1.26 bits per heavy atom. The molecule has 0 spiro atoms. The van der Waals surface area contributed by atoms with Gasteiger partial charge in [0.2, 0.25) is 5.95 Å². The topological polar surface area (TPSA) is 61.5 Å². The van der Waals surface area contributed by atoms with Crippen LogP contribution >= 0.6 is 0 Å². The number of fused-ring (bicyclic) bond motifs is 1. The molecule has 0 aliphatic carbocycles. The molecular formula is C17H24N4O2. The second-order valence-electron chi connectivity index (χ2n) is 6.38. The highest BCUT2D eigenvalue weighted by atomic mass is 16.6. The van der Waals surface area contributed by atoms with E-state index in [9.17, 15) is 4.79 Å². The van der Waals surface area contributed by atoms with E-state index in [1.165, 1.54) is 0 Å². The minimum absolute atomic E-state index is 0.204. The Morgan fingerprint density at radius 3 is 2.87 bits per heavy atom. The van der Waals surface area contributed by atoms with Crippen LogP contribution in [-0.4, -0.2) is 53.7 Å². The fraction of sp³-hybridized carbons (Fsp3) is 0.529. The quantitative estimate of drug-likeness (QED) is 0.946. The lowest BCUT2D eigenvalue weighted by atomic mass is 10.2. The third kappa shape index (κ3) is 3.75. The normalized spacial score (nSPS) is 16.0. The summed E-state index contributed by atoms with van der Waals surface area (Å²) in [6, 6.07) is 8.02. The summed E-state index contributed by atoms with van der Waals surface area (Å²) < 4.78 is 5.33. The summed E-state index contributed by atoms with van der Waals surface area (Å²) >= 11 is 0. The van der Waals surface area contributed by atoms with Gasteiger partial charge in [0.15, 0.2) is 0 Å². The number of para-hydroxylation sites is 2. The maximum absolute atomic E-state index is 12.1. The molecule has 0 atom stereocenters. The van der Waals surface area contributed by atoms with Gasteiger partial charge >= 0.3 is 6.09 Å². The van der Waals surface area contributed by atoms with Crippen molar-refractivity contribution in [2.45, 2.75) is 20.3 Å². The summed E-state index contributed by atoms with van der Waals surface area (Å²) in [6.45, 7) is 7.59. The number of benzene rings is 1. The number of nitrogens with zero attached hydrogens (tertiary/aromatic N) is 3. The zero-order valence-electron chi connectivity index (χ0n) is 13.8. The second-order valence-corrected chi connectivity index (χ2v) is 6.38. The number of imidazole rings is 1. The molecule has 1 aromatic carbocycles. The van der Waals surface area contributed by atoms with E-state index in [1.54, 1.807) is 4.90 Å². The number of anilines is 1. The molecule has 2 heterocycles. The van der Waals surface area contributed by atoms with Gasteiger partial charge in [0.1, 0.15) is 0 Å². The Hall–Kier alpha value is -2.24. The number of hydrogen-bond acceptors (Lipinski definition) is 4. The zero-order valence-corrected chi connectivity index (χ0v) is 13.8. The van der Waals surface area contributed by atoms with Gasteiger partial charge in [-0.15, -0.1) is 0 Å². The van der Waals surface area contributed by atoms with E-state index in [1.807, 2.05) is 38.1 Å². The highest BCUT2D eigenvalue weighted by Crippen LogP contribution is 2.18. The van der Waals surface area contributed by atoms with Crippen molar-refractivity contribution in [2.75, 3.05) is 37.7 Å². The smallest absolute Gasteiger partial charge is 0.409 e. The number of H-pyrrole nitrogens is 1. The van der Waals surface area contributed by atoms with Gasteiger partial charge in [0.05, 0.1) is 17.6 Å². The van der Waals surface area contributed by atoms with Gasteiger partial charge in [-0.2, -0.15) is 0 Å².